The highest BCUT2D eigenvalue weighted by atomic mass is 32.1. The van der Waals surface area contributed by atoms with Gasteiger partial charge in [-0.25, -0.2) is 4.98 Å². The van der Waals surface area contributed by atoms with Crippen molar-refractivity contribution < 1.29 is 4.79 Å². The predicted molar refractivity (Wildman–Crippen MR) is 83.5 cm³/mol. The minimum absolute atomic E-state index is 0.158. The summed E-state index contributed by atoms with van der Waals surface area (Å²) in [6.07, 6.45) is 0. The maximum absolute atomic E-state index is 12.2. The molecule has 4 heteroatoms. The van der Waals surface area contributed by atoms with Crippen molar-refractivity contribution in [3.05, 3.63) is 58.6 Å². The number of carbonyl (C=O) groups excluding carboxylic acids is 1. The van der Waals surface area contributed by atoms with Gasteiger partial charge in [-0.3, -0.25) is 4.79 Å². The Morgan fingerprint density at radius 1 is 1.10 bits per heavy atom. The number of amides is 1. The van der Waals surface area contributed by atoms with Crippen LogP contribution in [0.2, 0.25) is 0 Å². The maximum atomic E-state index is 12.2. The highest BCUT2D eigenvalue weighted by Gasteiger charge is 2.12. The summed E-state index contributed by atoms with van der Waals surface area (Å²) in [7, 11) is 0. The zero-order chi connectivity index (χ0) is 14.1. The van der Waals surface area contributed by atoms with Gasteiger partial charge in [-0.15, -0.1) is 11.3 Å². The van der Waals surface area contributed by atoms with Crippen LogP contribution in [0.4, 0.5) is 5.69 Å². The number of nitrogens with one attached hydrogen (secondary N) is 1. The molecule has 1 amide bonds. The molecule has 100 valence electrons. The van der Waals surface area contributed by atoms with Crippen molar-refractivity contribution in [3.8, 4) is 0 Å². The number of rotatable bonds is 2. The number of benzene rings is 2. The fraction of sp³-hybridized carbons (Fsp3) is 0.125. The molecule has 0 radical (unpaired) electrons. The van der Waals surface area contributed by atoms with Crippen LogP contribution < -0.4 is 5.32 Å². The van der Waals surface area contributed by atoms with Crippen molar-refractivity contribution in [2.24, 2.45) is 0 Å². The van der Waals surface area contributed by atoms with Gasteiger partial charge in [0.25, 0.3) is 5.91 Å². The molecule has 3 aromatic rings. The van der Waals surface area contributed by atoms with Gasteiger partial charge in [0.05, 0.1) is 10.2 Å². The van der Waals surface area contributed by atoms with Gasteiger partial charge >= 0.3 is 0 Å². The first-order valence-electron chi connectivity index (χ1n) is 6.37. The molecule has 2 aromatic carbocycles. The number of thiazole rings is 1. The lowest BCUT2D eigenvalue weighted by atomic mass is 10.1. The van der Waals surface area contributed by atoms with Crippen LogP contribution >= 0.6 is 11.3 Å². The van der Waals surface area contributed by atoms with E-state index in [0.29, 0.717) is 5.01 Å². The van der Waals surface area contributed by atoms with Crippen molar-refractivity contribution in [3.63, 3.8) is 0 Å². The van der Waals surface area contributed by atoms with E-state index in [9.17, 15) is 4.79 Å². The largest absolute Gasteiger partial charge is 0.320 e. The van der Waals surface area contributed by atoms with Crippen LogP contribution in [0.15, 0.2) is 42.5 Å². The molecule has 0 aliphatic heterocycles. The third-order valence-corrected chi connectivity index (χ3v) is 4.29. The van der Waals surface area contributed by atoms with Crippen LogP contribution in [0.3, 0.4) is 0 Å². The molecule has 3 rings (SSSR count). The normalized spacial score (nSPS) is 10.7. The Labute approximate surface area is 121 Å². The molecule has 1 N–H and O–H groups in total. The lowest BCUT2D eigenvalue weighted by Gasteiger charge is -2.05. The van der Waals surface area contributed by atoms with Crippen molar-refractivity contribution in [2.75, 3.05) is 5.32 Å². The zero-order valence-corrected chi connectivity index (χ0v) is 12.1. The lowest BCUT2D eigenvalue weighted by molar-refractivity contribution is 0.102. The zero-order valence-electron chi connectivity index (χ0n) is 11.3. The lowest BCUT2D eigenvalue weighted by Crippen LogP contribution is -2.11. The van der Waals surface area contributed by atoms with E-state index in [2.05, 4.69) is 17.2 Å². The van der Waals surface area contributed by atoms with Gasteiger partial charge in [0.1, 0.15) is 0 Å². The third kappa shape index (κ3) is 2.42. The van der Waals surface area contributed by atoms with E-state index < -0.39 is 0 Å². The molecule has 3 nitrogen and oxygen atoms in total. The number of aromatic nitrogens is 1. The molecule has 0 atom stereocenters. The number of hydrogen-bond donors (Lipinski definition) is 1. The monoisotopic (exact) mass is 282 g/mol. The fourth-order valence-electron chi connectivity index (χ4n) is 1.97. The van der Waals surface area contributed by atoms with Gasteiger partial charge < -0.3 is 5.32 Å². The number of hydrogen-bond acceptors (Lipinski definition) is 3. The van der Waals surface area contributed by atoms with Crippen LogP contribution in [0.1, 0.15) is 20.9 Å². The van der Waals surface area contributed by atoms with E-state index in [1.807, 2.05) is 49.4 Å². The van der Waals surface area contributed by atoms with E-state index in [-0.39, 0.29) is 5.91 Å². The molecule has 1 aromatic heterocycles. The van der Waals surface area contributed by atoms with Crippen molar-refractivity contribution in [1.82, 2.24) is 4.98 Å². The number of para-hydroxylation sites is 1. The molecular weight excluding hydrogens is 268 g/mol. The summed E-state index contributed by atoms with van der Waals surface area (Å²) >= 11 is 1.41. The molecule has 0 spiro atoms. The second-order valence-corrected chi connectivity index (χ2v) is 5.77. The summed E-state index contributed by atoms with van der Waals surface area (Å²) in [5.74, 6) is -0.158. The molecule has 0 aliphatic rings. The van der Waals surface area contributed by atoms with Crippen LogP contribution in [0, 0.1) is 13.8 Å². The summed E-state index contributed by atoms with van der Waals surface area (Å²) < 4.78 is 1.03. The Balaban J connectivity index is 1.86. The summed E-state index contributed by atoms with van der Waals surface area (Å²) in [6.45, 7) is 4.08. The molecule has 0 aliphatic carbocycles. The summed E-state index contributed by atoms with van der Waals surface area (Å²) in [5.41, 5.74) is 4.04. The average molecular weight is 282 g/mol. The molecule has 0 unspecified atom stereocenters. The Morgan fingerprint density at radius 2 is 1.90 bits per heavy atom. The molecule has 20 heavy (non-hydrogen) atoms. The quantitative estimate of drug-likeness (QED) is 0.766. The molecule has 0 saturated heterocycles. The highest BCUT2D eigenvalue weighted by Crippen LogP contribution is 2.22. The molecular formula is C16H14N2OS. The summed E-state index contributed by atoms with van der Waals surface area (Å²) in [4.78, 5) is 16.6. The minimum atomic E-state index is -0.158. The van der Waals surface area contributed by atoms with Gasteiger partial charge in [0.2, 0.25) is 0 Å². The topological polar surface area (TPSA) is 42.0 Å². The first-order chi connectivity index (χ1) is 9.63. The number of fused-ring (bicyclic) bond motifs is 1. The smallest absolute Gasteiger partial charge is 0.284 e. The van der Waals surface area contributed by atoms with E-state index in [4.69, 9.17) is 0 Å². The fourth-order valence-corrected chi connectivity index (χ4v) is 2.83. The molecule has 0 bridgehead atoms. The molecule has 0 saturated carbocycles. The highest BCUT2D eigenvalue weighted by molar-refractivity contribution is 7.20. The second-order valence-electron chi connectivity index (χ2n) is 4.74. The van der Waals surface area contributed by atoms with E-state index in [1.165, 1.54) is 16.9 Å². The van der Waals surface area contributed by atoms with E-state index in [0.717, 1.165) is 21.5 Å². The van der Waals surface area contributed by atoms with Gasteiger partial charge in [-0.05, 0) is 49.2 Å². The number of anilines is 1. The number of nitrogens with zero attached hydrogens (tertiary/aromatic N) is 1. The van der Waals surface area contributed by atoms with E-state index in [1.54, 1.807) is 0 Å². The summed E-state index contributed by atoms with van der Waals surface area (Å²) in [6, 6.07) is 13.6. The number of carbonyl (C=O) groups is 1. The average Bonchev–Trinajstić information content (AvgIpc) is 2.87. The van der Waals surface area contributed by atoms with Gasteiger partial charge in [-0.1, -0.05) is 18.2 Å². The van der Waals surface area contributed by atoms with Gasteiger partial charge in [0.15, 0.2) is 5.01 Å². The van der Waals surface area contributed by atoms with Crippen LogP contribution in [-0.2, 0) is 0 Å². The van der Waals surface area contributed by atoms with E-state index >= 15 is 0 Å². The van der Waals surface area contributed by atoms with Crippen molar-refractivity contribution in [1.29, 1.82) is 0 Å². The minimum Gasteiger partial charge on any atom is -0.320 e. The third-order valence-electron chi connectivity index (χ3n) is 3.25. The maximum Gasteiger partial charge on any atom is 0.284 e. The predicted octanol–water partition coefficient (Wildman–Crippen LogP) is 4.17. The first kappa shape index (κ1) is 12.8. The van der Waals surface area contributed by atoms with Gasteiger partial charge in [0, 0.05) is 5.69 Å². The Morgan fingerprint density at radius 3 is 2.65 bits per heavy atom. The van der Waals surface area contributed by atoms with Gasteiger partial charge in [-0.2, -0.15) is 0 Å². The van der Waals surface area contributed by atoms with Crippen LogP contribution in [0.5, 0.6) is 0 Å². The van der Waals surface area contributed by atoms with Crippen molar-refractivity contribution in [2.45, 2.75) is 13.8 Å². The van der Waals surface area contributed by atoms with Crippen LogP contribution in [0.25, 0.3) is 10.2 Å². The Bertz CT molecular complexity index is 759. The Hall–Kier alpha value is -2.20. The number of aryl methyl sites for hydroxylation is 2. The molecule has 0 fully saturated rings. The second kappa shape index (κ2) is 5.06. The standard InChI is InChI=1S/C16H14N2OS/c1-10-7-8-12(9-11(10)2)17-15(19)16-18-13-5-3-4-6-14(13)20-16/h3-9H,1-2H3,(H,17,19). The first-order valence-corrected chi connectivity index (χ1v) is 7.19. The van der Waals surface area contributed by atoms with Crippen molar-refractivity contribution >= 4 is 33.1 Å². The Kier molecular flexibility index (Phi) is 3.24. The summed E-state index contributed by atoms with van der Waals surface area (Å²) in [5, 5.41) is 3.39. The van der Waals surface area contributed by atoms with Crippen LogP contribution in [-0.4, -0.2) is 10.9 Å². The SMILES string of the molecule is Cc1ccc(NC(=O)c2nc3ccccc3s2)cc1C. The molecule has 1 heterocycles.